The molecule has 1 rings (SSSR count). The molecular weight excluding hydrogens is 304 g/mol. The SMILES string of the molecule is CCCCC1C(CCC)CCC1(C(=O)OCCC)C(=O)OCCC. The summed E-state index contributed by atoms with van der Waals surface area (Å²) in [6.07, 6.45) is 8.20. The van der Waals surface area contributed by atoms with Crippen molar-refractivity contribution < 1.29 is 19.1 Å². The average Bonchev–Trinajstić information content (AvgIpc) is 2.95. The molecule has 0 aromatic carbocycles. The van der Waals surface area contributed by atoms with E-state index in [4.69, 9.17) is 9.47 Å². The van der Waals surface area contributed by atoms with E-state index >= 15 is 0 Å². The summed E-state index contributed by atoms with van der Waals surface area (Å²) in [6.45, 7) is 9.01. The second kappa shape index (κ2) is 10.7. The van der Waals surface area contributed by atoms with Gasteiger partial charge >= 0.3 is 11.9 Å². The highest BCUT2D eigenvalue weighted by atomic mass is 16.6. The molecule has 2 atom stereocenters. The molecule has 0 aromatic heterocycles. The Morgan fingerprint density at radius 3 is 1.92 bits per heavy atom. The van der Waals surface area contributed by atoms with Gasteiger partial charge in [-0.2, -0.15) is 0 Å². The Morgan fingerprint density at radius 1 is 0.875 bits per heavy atom. The quantitative estimate of drug-likeness (QED) is 0.397. The maximum atomic E-state index is 12.9. The van der Waals surface area contributed by atoms with Crippen molar-refractivity contribution in [1.29, 1.82) is 0 Å². The van der Waals surface area contributed by atoms with E-state index in [0.29, 0.717) is 25.6 Å². The van der Waals surface area contributed by atoms with Crippen molar-refractivity contribution in [3.8, 4) is 0 Å². The summed E-state index contributed by atoms with van der Waals surface area (Å²) < 4.78 is 11.0. The molecule has 0 bridgehead atoms. The minimum Gasteiger partial charge on any atom is -0.465 e. The molecular formula is C20H36O4. The van der Waals surface area contributed by atoms with Crippen molar-refractivity contribution in [3.63, 3.8) is 0 Å². The van der Waals surface area contributed by atoms with Gasteiger partial charge in [-0.05, 0) is 43.9 Å². The van der Waals surface area contributed by atoms with Gasteiger partial charge in [-0.3, -0.25) is 9.59 Å². The summed E-state index contributed by atoms with van der Waals surface area (Å²) in [5, 5.41) is 0. The molecule has 0 aromatic rings. The number of ether oxygens (including phenoxy) is 2. The molecule has 1 fully saturated rings. The number of unbranched alkanes of at least 4 members (excludes halogenated alkanes) is 1. The molecule has 0 N–H and O–H groups in total. The summed E-state index contributed by atoms with van der Waals surface area (Å²) in [5.41, 5.74) is -1.07. The maximum Gasteiger partial charge on any atom is 0.323 e. The van der Waals surface area contributed by atoms with Gasteiger partial charge in [-0.25, -0.2) is 0 Å². The number of carbonyl (C=O) groups is 2. The first-order valence-corrected chi connectivity index (χ1v) is 9.92. The van der Waals surface area contributed by atoms with Crippen molar-refractivity contribution in [2.75, 3.05) is 13.2 Å². The number of rotatable bonds is 11. The van der Waals surface area contributed by atoms with E-state index in [0.717, 1.165) is 51.4 Å². The lowest BCUT2D eigenvalue weighted by molar-refractivity contribution is -0.176. The Balaban J connectivity index is 3.11. The van der Waals surface area contributed by atoms with Gasteiger partial charge in [0.15, 0.2) is 5.41 Å². The molecule has 1 aliphatic rings. The summed E-state index contributed by atoms with van der Waals surface area (Å²) in [6, 6.07) is 0. The second-order valence-corrected chi connectivity index (χ2v) is 7.08. The zero-order valence-corrected chi connectivity index (χ0v) is 16.1. The fraction of sp³-hybridized carbons (Fsp3) is 0.900. The van der Waals surface area contributed by atoms with Gasteiger partial charge in [0.05, 0.1) is 13.2 Å². The van der Waals surface area contributed by atoms with E-state index < -0.39 is 5.41 Å². The van der Waals surface area contributed by atoms with Crippen LogP contribution >= 0.6 is 0 Å². The van der Waals surface area contributed by atoms with Gasteiger partial charge in [0.2, 0.25) is 0 Å². The van der Waals surface area contributed by atoms with Crippen molar-refractivity contribution in [2.45, 2.75) is 85.5 Å². The molecule has 2 unspecified atom stereocenters. The van der Waals surface area contributed by atoms with E-state index in [1.54, 1.807) is 0 Å². The Hall–Kier alpha value is -1.06. The molecule has 4 nitrogen and oxygen atoms in total. The molecule has 0 amide bonds. The van der Waals surface area contributed by atoms with E-state index in [-0.39, 0.29) is 17.9 Å². The van der Waals surface area contributed by atoms with Crippen LogP contribution in [0.4, 0.5) is 0 Å². The molecule has 0 heterocycles. The van der Waals surface area contributed by atoms with Crippen LogP contribution in [0.25, 0.3) is 0 Å². The molecule has 0 radical (unpaired) electrons. The number of hydrogen-bond donors (Lipinski definition) is 0. The van der Waals surface area contributed by atoms with Gasteiger partial charge in [-0.15, -0.1) is 0 Å². The maximum absolute atomic E-state index is 12.9. The third kappa shape index (κ3) is 4.73. The van der Waals surface area contributed by atoms with Crippen LogP contribution in [0.1, 0.15) is 85.5 Å². The van der Waals surface area contributed by atoms with E-state index in [1.807, 2.05) is 13.8 Å². The molecule has 0 aliphatic heterocycles. The Labute approximate surface area is 147 Å². The first-order chi connectivity index (χ1) is 11.6. The van der Waals surface area contributed by atoms with Crippen LogP contribution in [0, 0.1) is 17.3 Å². The fourth-order valence-corrected chi connectivity index (χ4v) is 4.06. The molecule has 4 heteroatoms. The highest BCUT2D eigenvalue weighted by molar-refractivity contribution is 6.01. The topological polar surface area (TPSA) is 52.6 Å². The second-order valence-electron chi connectivity index (χ2n) is 7.08. The predicted molar refractivity (Wildman–Crippen MR) is 95.6 cm³/mol. The van der Waals surface area contributed by atoms with Crippen LogP contribution in [0.5, 0.6) is 0 Å². The van der Waals surface area contributed by atoms with Gasteiger partial charge in [0.1, 0.15) is 0 Å². The standard InChI is InChI=1S/C20H36O4/c1-5-9-11-17-16(10-6-2)12-13-20(17,18(21)23-14-7-3)19(22)24-15-8-4/h16-17H,5-15H2,1-4H3. The van der Waals surface area contributed by atoms with Gasteiger partial charge in [0.25, 0.3) is 0 Å². The zero-order valence-electron chi connectivity index (χ0n) is 16.1. The normalized spacial score (nSPS) is 22.3. The summed E-state index contributed by atoms with van der Waals surface area (Å²) in [5.74, 6) is -0.202. The monoisotopic (exact) mass is 340 g/mol. The number of hydrogen-bond acceptors (Lipinski definition) is 4. The summed E-state index contributed by atoms with van der Waals surface area (Å²) >= 11 is 0. The molecule has 0 saturated heterocycles. The van der Waals surface area contributed by atoms with Crippen molar-refractivity contribution >= 4 is 11.9 Å². The van der Waals surface area contributed by atoms with Crippen molar-refractivity contribution in [1.82, 2.24) is 0 Å². The summed E-state index contributed by atoms with van der Waals surface area (Å²) in [7, 11) is 0. The highest BCUT2D eigenvalue weighted by Gasteiger charge is 2.60. The number of esters is 2. The molecule has 0 spiro atoms. The minimum atomic E-state index is -1.07. The van der Waals surface area contributed by atoms with Crippen LogP contribution < -0.4 is 0 Å². The summed E-state index contributed by atoms with van der Waals surface area (Å²) in [4.78, 5) is 25.9. The zero-order chi connectivity index (χ0) is 18.0. The fourth-order valence-electron chi connectivity index (χ4n) is 4.06. The third-order valence-corrected chi connectivity index (χ3v) is 5.24. The minimum absolute atomic E-state index is 0.0612. The Kier molecular flexibility index (Phi) is 9.38. The van der Waals surface area contributed by atoms with Gasteiger partial charge in [-0.1, -0.05) is 53.4 Å². The van der Waals surface area contributed by atoms with E-state index in [2.05, 4.69) is 13.8 Å². The molecule has 140 valence electrons. The van der Waals surface area contributed by atoms with Crippen molar-refractivity contribution in [3.05, 3.63) is 0 Å². The van der Waals surface area contributed by atoms with Gasteiger partial charge < -0.3 is 9.47 Å². The largest absolute Gasteiger partial charge is 0.465 e. The third-order valence-electron chi connectivity index (χ3n) is 5.24. The van der Waals surface area contributed by atoms with Crippen LogP contribution in [0.3, 0.4) is 0 Å². The van der Waals surface area contributed by atoms with Crippen LogP contribution in [-0.4, -0.2) is 25.2 Å². The number of carbonyl (C=O) groups excluding carboxylic acids is 2. The smallest absolute Gasteiger partial charge is 0.323 e. The lowest BCUT2D eigenvalue weighted by atomic mass is 9.72. The first kappa shape index (κ1) is 21.0. The van der Waals surface area contributed by atoms with Gasteiger partial charge in [0, 0.05) is 0 Å². The van der Waals surface area contributed by atoms with Crippen LogP contribution in [-0.2, 0) is 19.1 Å². The lowest BCUT2D eigenvalue weighted by Gasteiger charge is -2.33. The molecule has 1 saturated carbocycles. The Bertz CT molecular complexity index is 371. The average molecular weight is 341 g/mol. The van der Waals surface area contributed by atoms with Crippen molar-refractivity contribution in [2.24, 2.45) is 17.3 Å². The first-order valence-electron chi connectivity index (χ1n) is 9.92. The van der Waals surface area contributed by atoms with Crippen LogP contribution in [0.2, 0.25) is 0 Å². The van der Waals surface area contributed by atoms with E-state index in [1.165, 1.54) is 0 Å². The van der Waals surface area contributed by atoms with E-state index in [9.17, 15) is 9.59 Å². The highest BCUT2D eigenvalue weighted by Crippen LogP contribution is 2.52. The molecule has 24 heavy (non-hydrogen) atoms. The predicted octanol–water partition coefficient (Wildman–Crippen LogP) is 4.90. The lowest BCUT2D eigenvalue weighted by Crippen LogP contribution is -2.46. The van der Waals surface area contributed by atoms with Crippen LogP contribution in [0.15, 0.2) is 0 Å². The molecule has 1 aliphatic carbocycles. The Morgan fingerprint density at radius 2 is 1.46 bits per heavy atom.